The fraction of sp³-hybridized carbons (Fsp3) is 0.294. The molecule has 7 heteroatoms. The summed E-state index contributed by atoms with van der Waals surface area (Å²) < 4.78 is 7.29. The predicted octanol–water partition coefficient (Wildman–Crippen LogP) is 2.66. The average molecular weight is 342 g/mol. The molecule has 1 saturated heterocycles. The van der Waals surface area contributed by atoms with E-state index in [1.54, 1.807) is 6.33 Å². The Morgan fingerprint density at radius 2 is 1.92 bits per heavy atom. The summed E-state index contributed by atoms with van der Waals surface area (Å²) in [6.07, 6.45) is 1.66. The highest BCUT2D eigenvalue weighted by molar-refractivity contribution is 7.99. The Morgan fingerprint density at radius 1 is 1.17 bits per heavy atom. The molecule has 0 atom stereocenters. The van der Waals surface area contributed by atoms with Crippen molar-refractivity contribution in [2.45, 2.75) is 10.1 Å². The van der Waals surface area contributed by atoms with Crippen LogP contribution in [-0.2, 0) is 11.8 Å². The molecule has 1 N–H and O–H groups in total. The van der Waals surface area contributed by atoms with E-state index in [0.717, 1.165) is 39.6 Å². The van der Waals surface area contributed by atoms with Crippen LogP contribution in [0.4, 0.5) is 5.69 Å². The summed E-state index contributed by atoms with van der Waals surface area (Å²) in [5.74, 6) is 0.267. The zero-order chi connectivity index (χ0) is 16.5. The Morgan fingerprint density at radius 3 is 2.62 bits per heavy atom. The molecular formula is C17H18N4O2S. The van der Waals surface area contributed by atoms with E-state index in [1.807, 2.05) is 35.9 Å². The molecule has 0 unspecified atom stereocenters. The lowest BCUT2D eigenvalue weighted by molar-refractivity contribution is 0.123. The van der Waals surface area contributed by atoms with Gasteiger partial charge >= 0.3 is 0 Å². The molecule has 6 nitrogen and oxygen atoms in total. The molecular weight excluding hydrogens is 324 g/mol. The third kappa shape index (κ3) is 2.70. The summed E-state index contributed by atoms with van der Waals surface area (Å²) >= 11 is 1.43. The fourth-order valence-corrected chi connectivity index (χ4v) is 3.86. The lowest BCUT2D eigenvalue weighted by Crippen LogP contribution is -2.36. The SMILES string of the molecule is Cn1cnnc1Sc1c(O)cc(N2CCOCC2)c2ccccc12. The van der Waals surface area contributed by atoms with Gasteiger partial charge in [0, 0.05) is 42.7 Å². The van der Waals surface area contributed by atoms with Crippen LogP contribution in [0.1, 0.15) is 0 Å². The number of aromatic hydroxyl groups is 1. The largest absolute Gasteiger partial charge is 0.507 e. The maximum atomic E-state index is 10.7. The number of phenolic OH excluding ortho intramolecular Hbond substituents is 1. The molecule has 4 rings (SSSR count). The molecule has 3 aromatic rings. The first-order valence-electron chi connectivity index (χ1n) is 7.83. The van der Waals surface area contributed by atoms with Crippen molar-refractivity contribution in [2.24, 2.45) is 7.05 Å². The van der Waals surface area contributed by atoms with Crippen LogP contribution in [-0.4, -0.2) is 46.2 Å². The van der Waals surface area contributed by atoms with E-state index in [1.165, 1.54) is 11.8 Å². The summed E-state index contributed by atoms with van der Waals surface area (Å²) in [7, 11) is 1.89. The van der Waals surface area contributed by atoms with E-state index in [-0.39, 0.29) is 5.75 Å². The molecule has 2 aromatic carbocycles. The minimum absolute atomic E-state index is 0.267. The monoisotopic (exact) mass is 342 g/mol. The quantitative estimate of drug-likeness (QED) is 0.789. The van der Waals surface area contributed by atoms with Gasteiger partial charge in [-0.3, -0.25) is 0 Å². The molecule has 0 spiro atoms. The highest BCUT2D eigenvalue weighted by atomic mass is 32.2. The second-order valence-electron chi connectivity index (χ2n) is 5.72. The third-order valence-corrected chi connectivity index (χ3v) is 5.35. The van der Waals surface area contributed by atoms with Crippen LogP contribution < -0.4 is 4.90 Å². The minimum Gasteiger partial charge on any atom is -0.507 e. The van der Waals surface area contributed by atoms with Gasteiger partial charge in [-0.2, -0.15) is 0 Å². The molecule has 1 aliphatic heterocycles. The van der Waals surface area contributed by atoms with Crippen LogP contribution in [0.25, 0.3) is 10.8 Å². The van der Waals surface area contributed by atoms with Crippen LogP contribution in [0, 0.1) is 0 Å². The van der Waals surface area contributed by atoms with Crippen molar-refractivity contribution in [3.63, 3.8) is 0 Å². The number of benzene rings is 2. The second kappa shape index (κ2) is 6.33. The number of phenols is 1. The number of nitrogens with zero attached hydrogens (tertiary/aromatic N) is 4. The van der Waals surface area contributed by atoms with Crippen molar-refractivity contribution >= 4 is 28.2 Å². The number of ether oxygens (including phenoxy) is 1. The Hall–Kier alpha value is -2.25. The van der Waals surface area contributed by atoms with Gasteiger partial charge in [0.05, 0.1) is 18.1 Å². The number of anilines is 1. The molecule has 0 aliphatic carbocycles. The molecule has 0 bridgehead atoms. The number of aryl methyl sites for hydroxylation is 1. The maximum absolute atomic E-state index is 10.7. The molecule has 1 fully saturated rings. The zero-order valence-corrected chi connectivity index (χ0v) is 14.2. The predicted molar refractivity (Wildman–Crippen MR) is 93.8 cm³/mol. The van der Waals surface area contributed by atoms with Crippen molar-refractivity contribution in [3.05, 3.63) is 36.7 Å². The number of morpholine rings is 1. The van der Waals surface area contributed by atoms with Crippen LogP contribution in [0.2, 0.25) is 0 Å². The van der Waals surface area contributed by atoms with E-state index >= 15 is 0 Å². The number of hydrogen-bond acceptors (Lipinski definition) is 6. The molecule has 2 heterocycles. The number of rotatable bonds is 3. The summed E-state index contributed by atoms with van der Waals surface area (Å²) in [6, 6.07) is 10.0. The first kappa shape index (κ1) is 15.3. The topological polar surface area (TPSA) is 63.4 Å². The van der Waals surface area contributed by atoms with E-state index in [0.29, 0.717) is 13.2 Å². The van der Waals surface area contributed by atoms with Gasteiger partial charge in [0.15, 0.2) is 5.16 Å². The van der Waals surface area contributed by atoms with Crippen molar-refractivity contribution in [3.8, 4) is 5.75 Å². The van der Waals surface area contributed by atoms with Crippen molar-refractivity contribution < 1.29 is 9.84 Å². The van der Waals surface area contributed by atoms with Gasteiger partial charge in [-0.25, -0.2) is 0 Å². The normalized spacial score (nSPS) is 15.1. The van der Waals surface area contributed by atoms with Crippen molar-refractivity contribution in [1.82, 2.24) is 14.8 Å². The van der Waals surface area contributed by atoms with Gasteiger partial charge in [-0.05, 0) is 11.8 Å². The van der Waals surface area contributed by atoms with E-state index in [2.05, 4.69) is 21.2 Å². The van der Waals surface area contributed by atoms with Gasteiger partial charge in [-0.15, -0.1) is 10.2 Å². The highest BCUT2D eigenvalue weighted by Gasteiger charge is 2.19. The lowest BCUT2D eigenvalue weighted by atomic mass is 10.1. The molecule has 124 valence electrons. The molecule has 1 aliphatic rings. The van der Waals surface area contributed by atoms with Crippen molar-refractivity contribution in [2.75, 3.05) is 31.2 Å². The van der Waals surface area contributed by atoms with Crippen molar-refractivity contribution in [1.29, 1.82) is 0 Å². The summed E-state index contributed by atoms with van der Waals surface area (Å²) in [5, 5.41) is 21.6. The van der Waals surface area contributed by atoms with Crippen LogP contribution in [0.15, 0.2) is 46.7 Å². The van der Waals surface area contributed by atoms with Crippen LogP contribution in [0.5, 0.6) is 5.75 Å². The molecule has 24 heavy (non-hydrogen) atoms. The molecule has 0 radical (unpaired) electrons. The Kier molecular flexibility index (Phi) is 4.03. The standard InChI is InChI=1S/C17H18N4O2S/c1-20-11-18-19-17(20)24-16-13-5-3-2-4-12(13)14(10-15(16)22)21-6-8-23-9-7-21/h2-5,10-11,22H,6-9H2,1H3. The summed E-state index contributed by atoms with van der Waals surface area (Å²) in [4.78, 5) is 3.07. The first-order valence-corrected chi connectivity index (χ1v) is 8.65. The highest BCUT2D eigenvalue weighted by Crippen LogP contribution is 2.43. The van der Waals surface area contributed by atoms with Gasteiger partial charge < -0.3 is 19.3 Å². The Balaban J connectivity index is 1.84. The molecule has 0 saturated carbocycles. The smallest absolute Gasteiger partial charge is 0.195 e. The summed E-state index contributed by atoms with van der Waals surface area (Å²) in [5.41, 5.74) is 1.05. The van der Waals surface area contributed by atoms with E-state index < -0.39 is 0 Å². The Bertz CT molecular complexity index is 874. The number of fused-ring (bicyclic) bond motifs is 1. The zero-order valence-electron chi connectivity index (χ0n) is 13.3. The lowest BCUT2D eigenvalue weighted by Gasteiger charge is -2.30. The van der Waals surface area contributed by atoms with E-state index in [4.69, 9.17) is 4.74 Å². The molecule has 1 aromatic heterocycles. The molecule has 0 amide bonds. The van der Waals surface area contributed by atoms with Gasteiger partial charge in [0.2, 0.25) is 0 Å². The minimum atomic E-state index is 0.267. The number of aromatic nitrogens is 3. The maximum Gasteiger partial charge on any atom is 0.195 e. The number of hydrogen-bond donors (Lipinski definition) is 1. The van der Waals surface area contributed by atoms with Gasteiger partial charge in [0.25, 0.3) is 0 Å². The van der Waals surface area contributed by atoms with Gasteiger partial charge in [-0.1, -0.05) is 24.3 Å². The fourth-order valence-electron chi connectivity index (χ4n) is 2.94. The third-order valence-electron chi connectivity index (χ3n) is 4.17. The average Bonchev–Trinajstić information content (AvgIpc) is 3.03. The van der Waals surface area contributed by atoms with Gasteiger partial charge in [0.1, 0.15) is 12.1 Å². The Labute approximate surface area is 144 Å². The first-order chi connectivity index (χ1) is 11.7. The summed E-state index contributed by atoms with van der Waals surface area (Å²) in [6.45, 7) is 3.09. The second-order valence-corrected chi connectivity index (χ2v) is 6.69. The van der Waals surface area contributed by atoms with E-state index in [9.17, 15) is 5.11 Å². The van der Waals surface area contributed by atoms with Crippen LogP contribution in [0.3, 0.4) is 0 Å². The van der Waals surface area contributed by atoms with Crippen LogP contribution >= 0.6 is 11.8 Å².